The summed E-state index contributed by atoms with van der Waals surface area (Å²) in [5.41, 5.74) is 6.26. The van der Waals surface area contributed by atoms with Crippen LogP contribution in [0.2, 0.25) is 0 Å². The number of nitrogens with zero attached hydrogens (tertiary/aromatic N) is 2. The third-order valence-corrected chi connectivity index (χ3v) is 3.92. The molecule has 104 valence electrons. The molecule has 19 heavy (non-hydrogen) atoms. The zero-order chi connectivity index (χ0) is 13.9. The number of hydrogen-bond acceptors (Lipinski definition) is 4. The molecule has 5 nitrogen and oxygen atoms in total. The van der Waals surface area contributed by atoms with Gasteiger partial charge in [0.05, 0.1) is 5.56 Å². The summed E-state index contributed by atoms with van der Waals surface area (Å²) in [5, 5.41) is 3.01. The molecular formula is C14H22N4O. The van der Waals surface area contributed by atoms with Crippen LogP contribution in [0.25, 0.3) is 0 Å². The molecule has 0 saturated carbocycles. The van der Waals surface area contributed by atoms with Gasteiger partial charge < -0.3 is 16.0 Å². The Morgan fingerprint density at radius 2 is 2.16 bits per heavy atom. The highest BCUT2D eigenvalue weighted by atomic mass is 16.1. The van der Waals surface area contributed by atoms with E-state index in [-0.39, 0.29) is 11.3 Å². The van der Waals surface area contributed by atoms with Crippen LogP contribution in [-0.4, -0.2) is 42.5 Å². The van der Waals surface area contributed by atoms with Crippen molar-refractivity contribution in [1.82, 2.24) is 15.2 Å². The monoisotopic (exact) mass is 262 g/mol. The highest BCUT2D eigenvalue weighted by molar-refractivity contribution is 5.94. The molecule has 1 saturated heterocycles. The van der Waals surface area contributed by atoms with Crippen LogP contribution < -0.4 is 11.1 Å². The first-order valence-corrected chi connectivity index (χ1v) is 6.67. The fourth-order valence-electron chi connectivity index (χ4n) is 2.27. The van der Waals surface area contributed by atoms with E-state index in [2.05, 4.69) is 29.2 Å². The Bertz CT molecular complexity index is 435. The average molecular weight is 262 g/mol. The normalized spacial score (nSPS) is 19.1. The van der Waals surface area contributed by atoms with Gasteiger partial charge in [0.2, 0.25) is 0 Å². The molecule has 1 aliphatic rings. The number of nitrogen functional groups attached to an aromatic ring is 1. The van der Waals surface area contributed by atoms with Gasteiger partial charge in [0.15, 0.2) is 0 Å². The van der Waals surface area contributed by atoms with Crippen LogP contribution >= 0.6 is 0 Å². The second kappa shape index (κ2) is 5.57. The zero-order valence-corrected chi connectivity index (χ0v) is 11.6. The maximum Gasteiger partial charge on any atom is 0.252 e. The van der Waals surface area contributed by atoms with Crippen molar-refractivity contribution in [3.05, 3.63) is 23.9 Å². The Morgan fingerprint density at radius 1 is 1.47 bits per heavy atom. The summed E-state index contributed by atoms with van der Waals surface area (Å²) in [6.45, 7) is 5.14. The number of carbonyl (C=O) groups excluding carboxylic acids is 1. The summed E-state index contributed by atoms with van der Waals surface area (Å²) < 4.78 is 0. The molecule has 1 aliphatic heterocycles. The molecule has 1 aromatic heterocycles. The van der Waals surface area contributed by atoms with E-state index in [1.54, 1.807) is 12.1 Å². The number of pyridine rings is 1. The average Bonchev–Trinajstić information content (AvgIpc) is 2.41. The maximum atomic E-state index is 12.0. The Kier molecular flexibility index (Phi) is 4.04. The van der Waals surface area contributed by atoms with Crippen molar-refractivity contribution < 1.29 is 4.79 Å². The minimum Gasteiger partial charge on any atom is -0.384 e. The van der Waals surface area contributed by atoms with Gasteiger partial charge in [0.25, 0.3) is 5.91 Å². The number of piperidine rings is 1. The largest absolute Gasteiger partial charge is 0.384 e. The van der Waals surface area contributed by atoms with E-state index in [0.717, 1.165) is 25.9 Å². The SMILES string of the molecule is CN1CCC(C)(CNC(=O)c2ccc(N)nc2)CC1. The quantitative estimate of drug-likeness (QED) is 0.856. The molecule has 3 N–H and O–H groups in total. The molecule has 2 heterocycles. The lowest BCUT2D eigenvalue weighted by atomic mass is 9.80. The van der Waals surface area contributed by atoms with Crippen LogP contribution in [0.4, 0.5) is 5.82 Å². The number of hydrogen-bond donors (Lipinski definition) is 2. The van der Waals surface area contributed by atoms with Gasteiger partial charge in [-0.25, -0.2) is 4.98 Å². The first kappa shape index (κ1) is 13.8. The van der Waals surface area contributed by atoms with Crippen molar-refractivity contribution in [3.63, 3.8) is 0 Å². The second-order valence-corrected chi connectivity index (χ2v) is 5.77. The van der Waals surface area contributed by atoms with E-state index in [9.17, 15) is 4.79 Å². The lowest BCUT2D eigenvalue weighted by Crippen LogP contribution is -2.43. The molecule has 2 rings (SSSR count). The number of likely N-dealkylation sites (tertiary alicyclic amines) is 1. The van der Waals surface area contributed by atoms with E-state index in [4.69, 9.17) is 5.73 Å². The van der Waals surface area contributed by atoms with Crippen molar-refractivity contribution in [2.24, 2.45) is 5.41 Å². The Balaban J connectivity index is 1.88. The topological polar surface area (TPSA) is 71.2 Å². The smallest absolute Gasteiger partial charge is 0.252 e. The number of carbonyl (C=O) groups is 1. The first-order chi connectivity index (χ1) is 8.98. The molecule has 1 aromatic rings. The van der Waals surface area contributed by atoms with Gasteiger partial charge in [-0.1, -0.05) is 6.92 Å². The molecule has 1 amide bonds. The van der Waals surface area contributed by atoms with Crippen molar-refractivity contribution in [2.75, 3.05) is 32.4 Å². The van der Waals surface area contributed by atoms with Crippen molar-refractivity contribution >= 4 is 11.7 Å². The van der Waals surface area contributed by atoms with E-state index < -0.39 is 0 Å². The van der Waals surface area contributed by atoms with Gasteiger partial charge in [-0.05, 0) is 50.5 Å². The molecule has 0 aliphatic carbocycles. The summed E-state index contributed by atoms with van der Waals surface area (Å²) in [5.74, 6) is 0.353. The summed E-state index contributed by atoms with van der Waals surface area (Å²) in [6.07, 6.45) is 3.75. The van der Waals surface area contributed by atoms with Crippen molar-refractivity contribution in [3.8, 4) is 0 Å². The number of nitrogens with two attached hydrogens (primary N) is 1. The minimum atomic E-state index is -0.0762. The molecule has 0 atom stereocenters. The van der Waals surface area contributed by atoms with Gasteiger partial charge in [-0.15, -0.1) is 0 Å². The maximum absolute atomic E-state index is 12.0. The standard InChI is InChI=1S/C14H22N4O/c1-14(5-7-18(2)8-6-14)10-17-13(19)11-3-4-12(15)16-9-11/h3-4,9H,5-8,10H2,1-2H3,(H2,15,16)(H,17,19). The van der Waals surface area contributed by atoms with Crippen LogP contribution in [0.3, 0.4) is 0 Å². The fourth-order valence-corrected chi connectivity index (χ4v) is 2.27. The van der Waals surface area contributed by atoms with Crippen molar-refractivity contribution in [1.29, 1.82) is 0 Å². The second-order valence-electron chi connectivity index (χ2n) is 5.77. The molecular weight excluding hydrogens is 240 g/mol. The first-order valence-electron chi connectivity index (χ1n) is 6.67. The van der Waals surface area contributed by atoms with E-state index in [1.807, 2.05) is 0 Å². The Morgan fingerprint density at radius 3 is 2.74 bits per heavy atom. The number of aromatic nitrogens is 1. The lowest BCUT2D eigenvalue weighted by molar-refractivity contribution is 0.0891. The molecule has 5 heteroatoms. The van der Waals surface area contributed by atoms with Gasteiger partial charge in [-0.3, -0.25) is 4.79 Å². The number of amides is 1. The minimum absolute atomic E-state index is 0.0762. The highest BCUT2D eigenvalue weighted by Crippen LogP contribution is 2.29. The molecule has 0 radical (unpaired) electrons. The summed E-state index contributed by atoms with van der Waals surface area (Å²) >= 11 is 0. The van der Waals surface area contributed by atoms with Gasteiger partial charge in [0.1, 0.15) is 5.82 Å². The fraction of sp³-hybridized carbons (Fsp3) is 0.571. The third kappa shape index (κ3) is 3.67. The molecule has 0 spiro atoms. The molecule has 0 unspecified atom stereocenters. The Labute approximate surface area is 114 Å². The number of anilines is 1. The van der Waals surface area contributed by atoms with Gasteiger partial charge >= 0.3 is 0 Å². The predicted octanol–water partition coefficient (Wildman–Crippen LogP) is 1.13. The van der Waals surface area contributed by atoms with Gasteiger partial charge in [0, 0.05) is 12.7 Å². The van der Waals surface area contributed by atoms with E-state index >= 15 is 0 Å². The third-order valence-electron chi connectivity index (χ3n) is 3.92. The van der Waals surface area contributed by atoms with Crippen LogP contribution in [0.1, 0.15) is 30.1 Å². The van der Waals surface area contributed by atoms with Gasteiger partial charge in [-0.2, -0.15) is 0 Å². The zero-order valence-electron chi connectivity index (χ0n) is 11.6. The summed E-state index contributed by atoms with van der Waals surface area (Å²) in [7, 11) is 2.14. The molecule has 0 aromatic carbocycles. The van der Waals surface area contributed by atoms with E-state index in [0.29, 0.717) is 17.9 Å². The summed E-state index contributed by atoms with van der Waals surface area (Å²) in [6, 6.07) is 3.35. The highest BCUT2D eigenvalue weighted by Gasteiger charge is 2.29. The van der Waals surface area contributed by atoms with Crippen LogP contribution in [0, 0.1) is 5.41 Å². The number of nitrogens with one attached hydrogen (secondary N) is 1. The van der Waals surface area contributed by atoms with E-state index in [1.165, 1.54) is 6.20 Å². The molecule has 1 fully saturated rings. The number of rotatable bonds is 3. The molecule has 0 bridgehead atoms. The van der Waals surface area contributed by atoms with Crippen LogP contribution in [-0.2, 0) is 0 Å². The lowest BCUT2D eigenvalue weighted by Gasteiger charge is -2.37. The van der Waals surface area contributed by atoms with Crippen LogP contribution in [0.15, 0.2) is 18.3 Å². The van der Waals surface area contributed by atoms with Crippen LogP contribution in [0.5, 0.6) is 0 Å². The van der Waals surface area contributed by atoms with Crippen molar-refractivity contribution in [2.45, 2.75) is 19.8 Å². The predicted molar refractivity (Wildman–Crippen MR) is 75.8 cm³/mol. The summed E-state index contributed by atoms with van der Waals surface area (Å²) in [4.78, 5) is 18.3. The Hall–Kier alpha value is -1.62.